The molecule has 2 aliphatic heterocycles. The molecule has 1 amide bonds. The molecule has 2 saturated heterocycles. The van der Waals surface area contributed by atoms with E-state index in [2.05, 4.69) is 4.99 Å². The minimum Gasteiger partial charge on any atom is -0.481 e. The highest BCUT2D eigenvalue weighted by Gasteiger charge is 2.50. The Morgan fingerprint density at radius 1 is 1.28 bits per heavy atom. The average Bonchev–Trinajstić information content (AvgIpc) is 3.03. The van der Waals surface area contributed by atoms with Crippen molar-refractivity contribution in [1.29, 1.82) is 0 Å². The van der Waals surface area contributed by atoms with Gasteiger partial charge in [0.1, 0.15) is 0 Å². The van der Waals surface area contributed by atoms with Crippen LogP contribution in [0.5, 0.6) is 0 Å². The maximum Gasteiger partial charge on any atom is 0.416 e. The lowest BCUT2D eigenvalue weighted by Gasteiger charge is -2.26. The highest BCUT2D eigenvalue weighted by Crippen LogP contribution is 2.44. The summed E-state index contributed by atoms with van der Waals surface area (Å²) >= 11 is 7.07. The molecule has 0 aromatic heterocycles. The summed E-state index contributed by atoms with van der Waals surface area (Å²) in [6.45, 7) is 0. The van der Waals surface area contributed by atoms with Crippen molar-refractivity contribution in [3.8, 4) is 0 Å². The van der Waals surface area contributed by atoms with E-state index in [1.165, 1.54) is 4.90 Å². The first kappa shape index (κ1) is 21.9. The van der Waals surface area contributed by atoms with Crippen molar-refractivity contribution in [2.24, 2.45) is 4.99 Å². The molecule has 2 fully saturated rings. The van der Waals surface area contributed by atoms with E-state index in [9.17, 15) is 31.2 Å². The molecule has 2 atom stereocenters. The molecule has 1 aromatic carbocycles. The van der Waals surface area contributed by atoms with Gasteiger partial charge in [0.2, 0.25) is 5.91 Å². The Bertz CT molecular complexity index is 997. The van der Waals surface area contributed by atoms with Crippen LogP contribution in [0.2, 0.25) is 5.02 Å². The lowest BCUT2D eigenvalue weighted by Crippen LogP contribution is -2.38. The smallest absolute Gasteiger partial charge is 0.416 e. The van der Waals surface area contributed by atoms with Gasteiger partial charge in [-0.1, -0.05) is 23.4 Å². The Hall–Kier alpha value is -1.79. The van der Waals surface area contributed by atoms with E-state index in [-0.39, 0.29) is 27.4 Å². The van der Waals surface area contributed by atoms with E-state index in [4.69, 9.17) is 16.7 Å². The molecule has 2 aliphatic rings. The molecule has 1 aromatic rings. The zero-order chi connectivity index (χ0) is 21.6. The number of halogens is 4. The van der Waals surface area contributed by atoms with E-state index < -0.39 is 57.6 Å². The lowest BCUT2D eigenvalue weighted by atomic mass is 10.1. The average molecular weight is 471 g/mol. The molecule has 13 heteroatoms. The molecule has 0 spiro atoms. The lowest BCUT2D eigenvalue weighted by molar-refractivity contribution is -0.138. The molecular weight excluding hydrogens is 457 g/mol. The Labute approximate surface area is 172 Å². The predicted molar refractivity (Wildman–Crippen MR) is 102 cm³/mol. The van der Waals surface area contributed by atoms with Gasteiger partial charge in [0.25, 0.3) is 0 Å². The summed E-state index contributed by atoms with van der Waals surface area (Å²) in [6, 6.07) is 1.89. The number of amidine groups is 1. The fraction of sp³-hybridized carbons (Fsp3) is 0.438. The van der Waals surface area contributed by atoms with Gasteiger partial charge < -0.3 is 10.0 Å². The number of anilines is 1. The predicted octanol–water partition coefficient (Wildman–Crippen LogP) is 2.83. The summed E-state index contributed by atoms with van der Waals surface area (Å²) < 4.78 is 63.5. The van der Waals surface area contributed by atoms with Gasteiger partial charge in [-0.25, -0.2) is 8.42 Å². The van der Waals surface area contributed by atoms with Crippen molar-refractivity contribution < 1.29 is 36.3 Å². The number of carbonyl (C=O) groups is 2. The van der Waals surface area contributed by atoms with Gasteiger partial charge >= 0.3 is 12.1 Å². The number of fused-ring (bicyclic) bond motifs is 1. The zero-order valence-corrected chi connectivity index (χ0v) is 16.9. The summed E-state index contributed by atoms with van der Waals surface area (Å²) in [5, 5.41) is 8.09. The fourth-order valence-corrected chi connectivity index (χ4v) is 7.23. The van der Waals surface area contributed by atoms with E-state index >= 15 is 0 Å². The van der Waals surface area contributed by atoms with Gasteiger partial charge in [-0.15, -0.1) is 0 Å². The first-order valence-corrected chi connectivity index (χ1v) is 11.3. The normalized spacial score (nSPS) is 24.7. The maximum atomic E-state index is 13.2. The monoisotopic (exact) mass is 470 g/mol. The molecule has 0 radical (unpaired) electrons. The van der Waals surface area contributed by atoms with Crippen LogP contribution in [0.25, 0.3) is 0 Å². The standard InChI is InChI=1S/C16H14ClF3N2O5S2/c17-9-2-1-8(16(18,19)20)5-10(9)22-11-6-29(26,27)7-12(11)28-15(22)21-13(23)3-4-14(24)25/h1-2,5,11-12H,3-4,6-7H2,(H,24,25). The van der Waals surface area contributed by atoms with Crippen LogP contribution < -0.4 is 4.90 Å². The van der Waals surface area contributed by atoms with Crippen LogP contribution in [0.1, 0.15) is 18.4 Å². The molecule has 2 heterocycles. The summed E-state index contributed by atoms with van der Waals surface area (Å²) in [5.41, 5.74) is -1.09. The van der Waals surface area contributed by atoms with Crippen molar-refractivity contribution >= 4 is 55.9 Å². The van der Waals surface area contributed by atoms with E-state index in [0.717, 1.165) is 30.0 Å². The number of carboxylic acid groups (broad SMARTS) is 1. The number of hydrogen-bond donors (Lipinski definition) is 1. The third kappa shape index (κ3) is 4.86. The van der Waals surface area contributed by atoms with Gasteiger partial charge in [-0.05, 0) is 18.2 Å². The number of carboxylic acids is 1. The van der Waals surface area contributed by atoms with Crippen LogP contribution in [0.3, 0.4) is 0 Å². The maximum absolute atomic E-state index is 13.2. The quantitative estimate of drug-likeness (QED) is 0.721. The molecular formula is C16H14ClF3N2O5S2. The molecule has 1 N–H and O–H groups in total. The number of alkyl halides is 3. The molecule has 0 saturated carbocycles. The molecule has 0 bridgehead atoms. The van der Waals surface area contributed by atoms with Gasteiger partial charge in [0, 0.05) is 11.7 Å². The number of rotatable bonds is 4. The Morgan fingerprint density at radius 2 is 1.97 bits per heavy atom. The van der Waals surface area contributed by atoms with Crippen molar-refractivity contribution in [1.82, 2.24) is 0 Å². The Balaban J connectivity index is 2.03. The van der Waals surface area contributed by atoms with Crippen molar-refractivity contribution in [2.45, 2.75) is 30.3 Å². The topological polar surface area (TPSA) is 104 Å². The molecule has 7 nitrogen and oxygen atoms in total. The molecule has 29 heavy (non-hydrogen) atoms. The first-order valence-electron chi connectivity index (χ1n) is 8.24. The number of carbonyl (C=O) groups excluding carboxylic acids is 1. The van der Waals surface area contributed by atoms with Gasteiger partial charge in [-0.3, -0.25) is 9.59 Å². The van der Waals surface area contributed by atoms with E-state index in [0.29, 0.717) is 0 Å². The minimum atomic E-state index is -4.65. The number of aliphatic carboxylic acids is 1. The number of amides is 1. The van der Waals surface area contributed by atoms with Crippen LogP contribution in [0.4, 0.5) is 18.9 Å². The fourth-order valence-electron chi connectivity index (χ4n) is 3.10. The van der Waals surface area contributed by atoms with Gasteiger partial charge in [-0.2, -0.15) is 18.2 Å². The Morgan fingerprint density at radius 3 is 2.59 bits per heavy atom. The minimum absolute atomic E-state index is 0.00603. The van der Waals surface area contributed by atoms with E-state index in [1.54, 1.807) is 0 Å². The SMILES string of the molecule is O=C(O)CCC(=O)N=C1SC2CS(=O)(=O)CC2N1c1cc(C(F)(F)F)ccc1Cl. The van der Waals surface area contributed by atoms with Crippen LogP contribution >= 0.6 is 23.4 Å². The largest absolute Gasteiger partial charge is 0.481 e. The number of hydrogen-bond acceptors (Lipinski definition) is 5. The second-order valence-corrected chi connectivity index (χ2v) is 10.3. The van der Waals surface area contributed by atoms with Crippen molar-refractivity contribution in [2.75, 3.05) is 16.4 Å². The van der Waals surface area contributed by atoms with Gasteiger partial charge in [0.15, 0.2) is 15.0 Å². The molecule has 0 aliphatic carbocycles. The second kappa shape index (κ2) is 7.80. The Kier molecular flexibility index (Phi) is 5.89. The van der Waals surface area contributed by atoms with Crippen LogP contribution in [0, 0.1) is 0 Å². The molecule has 2 unspecified atom stereocenters. The third-order valence-corrected chi connectivity index (χ3v) is 7.90. The number of benzene rings is 1. The second-order valence-electron chi connectivity index (χ2n) is 6.52. The van der Waals surface area contributed by atoms with E-state index in [1.807, 2.05) is 0 Å². The van der Waals surface area contributed by atoms with Crippen LogP contribution in [-0.4, -0.2) is 53.4 Å². The van der Waals surface area contributed by atoms with Crippen LogP contribution in [-0.2, 0) is 25.6 Å². The summed E-state index contributed by atoms with van der Waals surface area (Å²) in [5.74, 6) is -2.50. The van der Waals surface area contributed by atoms with Crippen LogP contribution in [0.15, 0.2) is 23.2 Å². The summed E-state index contributed by atoms with van der Waals surface area (Å²) in [6.07, 6.45) is -5.50. The number of aliphatic imine (C=N–C) groups is 1. The number of sulfone groups is 1. The van der Waals surface area contributed by atoms with Crippen molar-refractivity contribution in [3.63, 3.8) is 0 Å². The molecule has 158 valence electrons. The highest BCUT2D eigenvalue weighted by molar-refractivity contribution is 8.16. The highest BCUT2D eigenvalue weighted by atomic mass is 35.5. The molecule has 3 rings (SSSR count). The number of nitrogens with zero attached hydrogens (tertiary/aromatic N) is 2. The summed E-state index contributed by atoms with van der Waals surface area (Å²) in [7, 11) is -3.42. The van der Waals surface area contributed by atoms with Crippen molar-refractivity contribution in [3.05, 3.63) is 28.8 Å². The number of thioether (sulfide) groups is 1. The first-order chi connectivity index (χ1) is 13.4. The zero-order valence-electron chi connectivity index (χ0n) is 14.5. The summed E-state index contributed by atoms with van der Waals surface area (Å²) in [4.78, 5) is 27.7. The third-order valence-electron chi connectivity index (χ3n) is 4.37. The van der Waals surface area contributed by atoms with Gasteiger partial charge in [0.05, 0.1) is 40.2 Å².